The fourth-order valence-electron chi connectivity index (χ4n) is 2.89. The molecule has 0 radical (unpaired) electrons. The van der Waals surface area contributed by atoms with Gasteiger partial charge in [-0.2, -0.15) is 5.10 Å². The third-order valence-electron chi connectivity index (χ3n) is 4.35. The summed E-state index contributed by atoms with van der Waals surface area (Å²) >= 11 is 1.30. The topological polar surface area (TPSA) is 77.2 Å². The summed E-state index contributed by atoms with van der Waals surface area (Å²) in [7, 11) is 3.21. The summed E-state index contributed by atoms with van der Waals surface area (Å²) in [5, 5.41) is 6.14. The summed E-state index contributed by atoms with van der Waals surface area (Å²) in [5.74, 6) is 1.30. The van der Waals surface area contributed by atoms with Gasteiger partial charge in [0.15, 0.2) is 11.5 Å². The fraction of sp³-hybridized carbons (Fsp3) is 0.300. The van der Waals surface area contributed by atoms with Gasteiger partial charge in [-0.15, -0.1) is 0 Å². The molecule has 2 aromatic carbocycles. The number of nitrogens with zero attached hydrogens (tertiary/aromatic N) is 2. The van der Waals surface area contributed by atoms with Crippen LogP contribution in [-0.2, 0) is 6.54 Å². The minimum atomic E-state index is -0.0529. The number of ether oxygens (including phenoxy) is 2. The van der Waals surface area contributed by atoms with Crippen LogP contribution in [0, 0.1) is 0 Å². The molecule has 3 rings (SSSR count). The number of methoxy groups -OCH3 is 2. The van der Waals surface area contributed by atoms with E-state index in [2.05, 4.69) is 12.0 Å². The van der Waals surface area contributed by atoms with Gasteiger partial charge in [-0.1, -0.05) is 30.8 Å². The van der Waals surface area contributed by atoms with Gasteiger partial charge in [0, 0.05) is 11.3 Å². The first-order valence-electron chi connectivity index (χ1n) is 8.69. The Labute approximate surface area is 163 Å². The Kier molecular flexibility index (Phi) is 5.91. The van der Waals surface area contributed by atoms with Crippen molar-refractivity contribution < 1.29 is 14.3 Å². The highest BCUT2D eigenvalue weighted by atomic mass is 32.2. The van der Waals surface area contributed by atoms with Crippen molar-refractivity contribution in [2.75, 3.05) is 20.0 Å². The molecule has 0 fully saturated rings. The summed E-state index contributed by atoms with van der Waals surface area (Å²) in [6, 6.07) is 13.2. The van der Waals surface area contributed by atoms with Crippen LogP contribution in [0.5, 0.6) is 11.5 Å². The van der Waals surface area contributed by atoms with Crippen LogP contribution in [0.1, 0.15) is 24.5 Å². The highest BCUT2D eigenvalue weighted by Gasteiger charge is 2.30. The van der Waals surface area contributed by atoms with Crippen LogP contribution in [-0.4, -0.2) is 35.4 Å². The number of thioether (sulfide) groups is 1. The van der Waals surface area contributed by atoms with Crippen LogP contribution in [0.15, 0.2) is 47.6 Å². The van der Waals surface area contributed by atoms with Gasteiger partial charge in [0.2, 0.25) is 0 Å². The number of hydrogen-bond donors (Lipinski definition) is 1. The lowest BCUT2D eigenvalue weighted by Gasteiger charge is -2.28. The van der Waals surface area contributed by atoms with Crippen molar-refractivity contribution in [3.8, 4) is 11.5 Å². The smallest absolute Gasteiger partial charge is 0.302 e. The number of amides is 1. The summed E-state index contributed by atoms with van der Waals surface area (Å²) in [6.07, 6.45) is 0.805. The normalized spacial score (nSPS) is 16.9. The largest absolute Gasteiger partial charge is 0.493 e. The summed E-state index contributed by atoms with van der Waals surface area (Å²) in [4.78, 5) is 12.5. The maximum atomic E-state index is 12.5. The number of carbonyl (C=O) groups excluding carboxylic acids is 1. The first-order chi connectivity index (χ1) is 13.0. The van der Waals surface area contributed by atoms with E-state index in [-0.39, 0.29) is 10.5 Å². The average Bonchev–Trinajstić information content (AvgIpc) is 2.70. The molecule has 142 valence electrons. The van der Waals surface area contributed by atoms with E-state index in [4.69, 9.17) is 15.2 Å². The van der Waals surface area contributed by atoms with E-state index >= 15 is 0 Å². The van der Waals surface area contributed by atoms with E-state index in [1.807, 2.05) is 42.5 Å². The summed E-state index contributed by atoms with van der Waals surface area (Å²) in [6.45, 7) is 2.45. The molecule has 1 atom stereocenters. The van der Waals surface area contributed by atoms with Gasteiger partial charge in [0.25, 0.3) is 0 Å². The van der Waals surface area contributed by atoms with Gasteiger partial charge in [-0.05, 0) is 42.3 Å². The van der Waals surface area contributed by atoms with Gasteiger partial charge < -0.3 is 15.2 Å². The number of anilines is 1. The maximum absolute atomic E-state index is 12.5. The van der Waals surface area contributed by atoms with Crippen LogP contribution in [0.25, 0.3) is 0 Å². The van der Waals surface area contributed by atoms with Gasteiger partial charge >= 0.3 is 5.24 Å². The van der Waals surface area contributed by atoms with E-state index in [0.29, 0.717) is 23.7 Å². The maximum Gasteiger partial charge on any atom is 0.302 e. The van der Waals surface area contributed by atoms with E-state index < -0.39 is 0 Å². The monoisotopic (exact) mass is 385 g/mol. The second kappa shape index (κ2) is 8.35. The highest BCUT2D eigenvalue weighted by molar-refractivity contribution is 8.14. The zero-order valence-corrected chi connectivity index (χ0v) is 16.5. The van der Waals surface area contributed by atoms with E-state index in [1.54, 1.807) is 14.2 Å². The lowest BCUT2D eigenvalue weighted by Crippen LogP contribution is -2.34. The zero-order valence-electron chi connectivity index (χ0n) is 15.6. The van der Waals surface area contributed by atoms with Crippen molar-refractivity contribution in [3.63, 3.8) is 0 Å². The van der Waals surface area contributed by atoms with Crippen LogP contribution in [0.3, 0.4) is 0 Å². The summed E-state index contributed by atoms with van der Waals surface area (Å²) < 4.78 is 10.7. The molecule has 0 spiro atoms. The van der Waals surface area contributed by atoms with Gasteiger partial charge in [-0.3, -0.25) is 4.79 Å². The fourth-order valence-corrected chi connectivity index (χ4v) is 3.82. The number of hydrazone groups is 1. The van der Waals surface area contributed by atoms with Crippen LogP contribution in [0.4, 0.5) is 10.5 Å². The molecular formula is C20H23N3O3S. The van der Waals surface area contributed by atoms with Gasteiger partial charge in [-0.25, -0.2) is 5.01 Å². The Morgan fingerprint density at radius 3 is 2.44 bits per heavy atom. The lowest BCUT2D eigenvalue weighted by molar-refractivity contribution is 0.222. The zero-order chi connectivity index (χ0) is 19.4. The summed E-state index contributed by atoms with van der Waals surface area (Å²) in [5.41, 5.74) is 9.18. The number of benzene rings is 2. The second-order valence-electron chi connectivity index (χ2n) is 6.13. The molecule has 2 aromatic rings. The van der Waals surface area contributed by atoms with Crippen molar-refractivity contribution in [2.45, 2.75) is 25.1 Å². The molecule has 6 nitrogen and oxygen atoms in total. The Bertz CT molecular complexity index is 852. The Morgan fingerprint density at radius 2 is 1.81 bits per heavy atom. The molecule has 1 amide bonds. The molecule has 1 unspecified atom stereocenters. The van der Waals surface area contributed by atoms with E-state index in [0.717, 1.165) is 23.3 Å². The molecule has 0 aromatic heterocycles. The minimum Gasteiger partial charge on any atom is -0.493 e. The van der Waals surface area contributed by atoms with Crippen molar-refractivity contribution in [1.29, 1.82) is 0 Å². The lowest BCUT2D eigenvalue weighted by atomic mass is 10.0. The predicted molar refractivity (Wildman–Crippen MR) is 110 cm³/mol. The molecular weight excluding hydrogens is 362 g/mol. The van der Waals surface area contributed by atoms with Crippen molar-refractivity contribution >= 4 is 28.4 Å². The molecule has 1 aliphatic heterocycles. The quantitative estimate of drug-likeness (QED) is 0.756. The second-order valence-corrected chi connectivity index (χ2v) is 7.29. The first-order valence-corrected chi connectivity index (χ1v) is 9.57. The number of nitrogens with two attached hydrogens (primary N) is 1. The number of hydrogen-bond acceptors (Lipinski definition) is 6. The average molecular weight is 385 g/mol. The van der Waals surface area contributed by atoms with Crippen LogP contribution in [0.2, 0.25) is 0 Å². The molecule has 1 heterocycles. The van der Waals surface area contributed by atoms with Gasteiger partial charge in [0.05, 0.1) is 31.7 Å². The van der Waals surface area contributed by atoms with Crippen LogP contribution >= 0.6 is 11.8 Å². The number of nitrogen functional groups attached to an aromatic ring is 1. The Balaban J connectivity index is 1.95. The molecule has 0 saturated heterocycles. The number of rotatable bonds is 6. The number of carbonyl (C=O) groups is 1. The first kappa shape index (κ1) is 19.1. The molecule has 0 aliphatic carbocycles. The van der Waals surface area contributed by atoms with Crippen molar-refractivity contribution in [3.05, 3.63) is 53.6 Å². The highest BCUT2D eigenvalue weighted by Crippen LogP contribution is 2.33. The van der Waals surface area contributed by atoms with Crippen molar-refractivity contribution in [1.82, 2.24) is 5.01 Å². The van der Waals surface area contributed by atoms with Crippen LogP contribution < -0.4 is 15.2 Å². The Hall–Kier alpha value is -2.67. The SMILES string of the molecule is CCC1SC(=O)N(Cc2ccc(N)cc2)N=C1c1ccc(OC)c(OC)c1. The molecule has 27 heavy (non-hydrogen) atoms. The molecule has 7 heteroatoms. The van der Waals surface area contributed by atoms with Crippen molar-refractivity contribution in [2.24, 2.45) is 5.10 Å². The molecule has 2 N–H and O–H groups in total. The molecule has 0 bridgehead atoms. The molecule has 1 aliphatic rings. The van der Waals surface area contributed by atoms with E-state index in [9.17, 15) is 4.79 Å². The Morgan fingerprint density at radius 1 is 1.11 bits per heavy atom. The van der Waals surface area contributed by atoms with E-state index in [1.165, 1.54) is 16.8 Å². The van der Waals surface area contributed by atoms with Gasteiger partial charge in [0.1, 0.15) is 0 Å². The standard InChI is InChI=1S/C20H23N3O3S/c1-4-18-19(14-7-10-16(25-2)17(11-14)26-3)22-23(20(24)27-18)12-13-5-8-15(21)9-6-13/h5-11,18H,4,12,21H2,1-3H3. The third-order valence-corrected chi connectivity index (χ3v) is 5.60. The third kappa shape index (κ3) is 4.19. The predicted octanol–water partition coefficient (Wildman–Crippen LogP) is 4.14. The minimum absolute atomic E-state index is 0.00160. The molecule has 0 saturated carbocycles.